The normalized spacial score (nSPS) is 14.4. The number of hydrogen-bond donors (Lipinski definition) is 1. The zero-order chi connectivity index (χ0) is 15.6. The van der Waals surface area contributed by atoms with Gasteiger partial charge in [-0.3, -0.25) is 0 Å². The summed E-state index contributed by atoms with van der Waals surface area (Å²) < 4.78 is 0. The highest BCUT2D eigenvalue weighted by molar-refractivity contribution is 5.96. The van der Waals surface area contributed by atoms with Gasteiger partial charge >= 0.3 is 0 Å². The standard InChI is InChI=1S/C14H10O.C6H13N/c15-11-14(12-7-3-1-4-8-12)13-9-5-2-6-10-13;7-6-4-2-1-3-5-6/h1-10H;6H,1-5,7H2. The first-order chi connectivity index (χ1) is 10.8. The molecule has 2 aromatic rings. The predicted octanol–water partition coefficient (Wildman–Crippen LogP) is 4.23. The van der Waals surface area contributed by atoms with Crippen molar-refractivity contribution in [3.8, 4) is 0 Å². The molecule has 1 saturated carbocycles. The van der Waals surface area contributed by atoms with Crippen LogP contribution >= 0.6 is 0 Å². The quantitative estimate of drug-likeness (QED) is 0.842. The van der Waals surface area contributed by atoms with Crippen LogP contribution in [0.4, 0.5) is 0 Å². The summed E-state index contributed by atoms with van der Waals surface area (Å²) in [7, 11) is 0. The largest absolute Gasteiger partial charge is 0.328 e. The summed E-state index contributed by atoms with van der Waals surface area (Å²) in [5, 5.41) is 0. The molecule has 2 aromatic carbocycles. The van der Waals surface area contributed by atoms with Crippen molar-refractivity contribution in [3.05, 3.63) is 71.8 Å². The molecule has 0 saturated heterocycles. The molecule has 0 aromatic heterocycles. The highest BCUT2D eigenvalue weighted by atomic mass is 16.1. The van der Waals surface area contributed by atoms with Crippen molar-refractivity contribution in [1.29, 1.82) is 0 Å². The summed E-state index contributed by atoms with van der Waals surface area (Å²) >= 11 is 0. The molecule has 0 amide bonds. The maximum Gasteiger partial charge on any atom is 0.133 e. The Balaban J connectivity index is 0.000000211. The minimum absolute atomic E-state index is 0.536. The second-order valence-corrected chi connectivity index (χ2v) is 5.61. The van der Waals surface area contributed by atoms with Gasteiger partial charge in [-0.05, 0) is 24.0 Å². The lowest BCUT2D eigenvalue weighted by Crippen LogP contribution is -2.22. The van der Waals surface area contributed by atoms with Crippen LogP contribution in [0.3, 0.4) is 0 Å². The molecule has 114 valence electrons. The van der Waals surface area contributed by atoms with E-state index in [1.807, 2.05) is 66.6 Å². The van der Waals surface area contributed by atoms with E-state index in [1.54, 1.807) is 0 Å². The van der Waals surface area contributed by atoms with E-state index in [9.17, 15) is 4.79 Å². The van der Waals surface area contributed by atoms with E-state index < -0.39 is 0 Å². The van der Waals surface area contributed by atoms with Crippen LogP contribution in [0.5, 0.6) is 0 Å². The van der Waals surface area contributed by atoms with E-state index in [1.165, 1.54) is 32.1 Å². The summed E-state index contributed by atoms with van der Waals surface area (Å²) in [5.74, 6) is 2.00. The molecule has 2 heteroatoms. The van der Waals surface area contributed by atoms with E-state index in [0.717, 1.165) is 11.1 Å². The zero-order valence-electron chi connectivity index (χ0n) is 12.9. The molecule has 2 N–H and O–H groups in total. The lowest BCUT2D eigenvalue weighted by Gasteiger charge is -2.15. The smallest absolute Gasteiger partial charge is 0.133 e. The van der Waals surface area contributed by atoms with Gasteiger partial charge in [0.2, 0.25) is 0 Å². The Morgan fingerprint density at radius 2 is 1.27 bits per heavy atom. The molecule has 1 aliphatic rings. The fraction of sp³-hybridized carbons (Fsp3) is 0.300. The summed E-state index contributed by atoms with van der Waals surface area (Å²) in [6.07, 6.45) is 6.66. The van der Waals surface area contributed by atoms with Gasteiger partial charge in [0.05, 0.1) is 5.57 Å². The fourth-order valence-electron chi connectivity index (χ4n) is 2.63. The Morgan fingerprint density at radius 3 is 1.59 bits per heavy atom. The third-order valence-electron chi connectivity index (χ3n) is 3.88. The first-order valence-electron chi connectivity index (χ1n) is 7.93. The Morgan fingerprint density at radius 1 is 0.818 bits per heavy atom. The van der Waals surface area contributed by atoms with Crippen LogP contribution < -0.4 is 5.73 Å². The molecule has 0 radical (unpaired) electrons. The molecule has 0 atom stereocenters. The number of benzene rings is 2. The van der Waals surface area contributed by atoms with E-state index in [-0.39, 0.29) is 0 Å². The molecule has 0 unspecified atom stereocenters. The van der Waals surface area contributed by atoms with Crippen molar-refractivity contribution in [1.82, 2.24) is 0 Å². The van der Waals surface area contributed by atoms with Gasteiger partial charge in [-0.1, -0.05) is 79.9 Å². The fourth-order valence-corrected chi connectivity index (χ4v) is 2.63. The number of hydrogen-bond acceptors (Lipinski definition) is 2. The van der Waals surface area contributed by atoms with E-state index in [0.29, 0.717) is 11.6 Å². The number of carbonyl (C=O) groups excluding carboxylic acids is 1. The maximum absolute atomic E-state index is 10.9. The third kappa shape index (κ3) is 5.00. The van der Waals surface area contributed by atoms with Gasteiger partial charge in [-0.2, -0.15) is 0 Å². The predicted molar refractivity (Wildman–Crippen MR) is 92.1 cm³/mol. The molecule has 3 rings (SSSR count). The van der Waals surface area contributed by atoms with Gasteiger partial charge in [0.15, 0.2) is 0 Å². The Bertz CT molecular complexity index is 553. The molecule has 0 spiro atoms. The SMILES string of the molecule is NC1CCCCC1.O=C=C(c1ccccc1)c1ccccc1. The van der Waals surface area contributed by atoms with Crippen LogP contribution in [0.1, 0.15) is 43.2 Å². The van der Waals surface area contributed by atoms with Gasteiger partial charge in [0.25, 0.3) is 0 Å². The highest BCUT2D eigenvalue weighted by Crippen LogP contribution is 2.19. The second kappa shape index (κ2) is 8.99. The Labute approximate surface area is 132 Å². The van der Waals surface area contributed by atoms with Crippen molar-refractivity contribution < 1.29 is 4.79 Å². The van der Waals surface area contributed by atoms with E-state index in [4.69, 9.17) is 5.73 Å². The van der Waals surface area contributed by atoms with Crippen LogP contribution in [-0.4, -0.2) is 12.0 Å². The van der Waals surface area contributed by atoms with Gasteiger partial charge in [0, 0.05) is 6.04 Å². The summed E-state index contributed by atoms with van der Waals surface area (Å²) in [6.45, 7) is 0. The molecule has 2 nitrogen and oxygen atoms in total. The Hall–Kier alpha value is -2.15. The third-order valence-corrected chi connectivity index (χ3v) is 3.88. The van der Waals surface area contributed by atoms with Crippen molar-refractivity contribution in [2.24, 2.45) is 5.73 Å². The monoisotopic (exact) mass is 293 g/mol. The van der Waals surface area contributed by atoms with Crippen LogP contribution in [0, 0.1) is 0 Å². The lowest BCUT2D eigenvalue weighted by atomic mass is 9.97. The van der Waals surface area contributed by atoms with Crippen LogP contribution in [0.25, 0.3) is 5.57 Å². The van der Waals surface area contributed by atoms with Crippen molar-refractivity contribution in [3.63, 3.8) is 0 Å². The van der Waals surface area contributed by atoms with Crippen molar-refractivity contribution in [2.45, 2.75) is 38.1 Å². The summed E-state index contributed by atoms with van der Waals surface area (Å²) in [6, 6.07) is 19.7. The maximum atomic E-state index is 10.9. The van der Waals surface area contributed by atoms with Crippen LogP contribution in [-0.2, 0) is 4.79 Å². The molecule has 22 heavy (non-hydrogen) atoms. The molecule has 0 heterocycles. The number of rotatable bonds is 2. The van der Waals surface area contributed by atoms with E-state index >= 15 is 0 Å². The number of nitrogens with two attached hydrogens (primary N) is 1. The highest BCUT2D eigenvalue weighted by Gasteiger charge is 2.06. The van der Waals surface area contributed by atoms with Gasteiger partial charge < -0.3 is 5.73 Å². The zero-order valence-corrected chi connectivity index (χ0v) is 12.9. The van der Waals surface area contributed by atoms with Crippen LogP contribution in [0.15, 0.2) is 60.7 Å². The Kier molecular flexibility index (Phi) is 6.63. The minimum atomic E-state index is 0.536. The molecule has 1 fully saturated rings. The minimum Gasteiger partial charge on any atom is -0.328 e. The van der Waals surface area contributed by atoms with Crippen LogP contribution in [0.2, 0.25) is 0 Å². The van der Waals surface area contributed by atoms with E-state index in [2.05, 4.69) is 0 Å². The average molecular weight is 293 g/mol. The summed E-state index contributed by atoms with van der Waals surface area (Å²) in [5.41, 5.74) is 8.05. The van der Waals surface area contributed by atoms with Gasteiger partial charge in [0.1, 0.15) is 5.94 Å². The molecule has 1 aliphatic carbocycles. The first kappa shape index (κ1) is 16.2. The molecular formula is C20H23NO. The summed E-state index contributed by atoms with van der Waals surface area (Å²) in [4.78, 5) is 10.9. The molecular weight excluding hydrogens is 270 g/mol. The second-order valence-electron chi connectivity index (χ2n) is 5.61. The average Bonchev–Trinajstić information content (AvgIpc) is 2.59. The van der Waals surface area contributed by atoms with Gasteiger partial charge in [-0.15, -0.1) is 0 Å². The first-order valence-corrected chi connectivity index (χ1v) is 7.93. The van der Waals surface area contributed by atoms with Gasteiger partial charge in [-0.25, -0.2) is 4.79 Å². The topological polar surface area (TPSA) is 43.1 Å². The molecule has 0 bridgehead atoms. The lowest BCUT2D eigenvalue weighted by molar-refractivity contribution is 0.441. The molecule has 0 aliphatic heterocycles. The van der Waals surface area contributed by atoms with Crippen molar-refractivity contribution >= 4 is 11.5 Å². The van der Waals surface area contributed by atoms with Crippen molar-refractivity contribution in [2.75, 3.05) is 0 Å².